The van der Waals surface area contributed by atoms with E-state index in [1.165, 1.54) is 12.1 Å². The summed E-state index contributed by atoms with van der Waals surface area (Å²) in [4.78, 5) is 9.70. The fourth-order valence-corrected chi connectivity index (χ4v) is 3.22. The van der Waals surface area contributed by atoms with Gasteiger partial charge in [0.25, 0.3) is 15.7 Å². The molecule has 0 aliphatic rings. The van der Waals surface area contributed by atoms with Crippen LogP contribution in [0.4, 0.5) is 17.1 Å². The highest BCUT2D eigenvalue weighted by molar-refractivity contribution is 7.92. The predicted molar refractivity (Wildman–Crippen MR) is 79.8 cm³/mol. The normalized spacial score (nSPS) is 11.1. The molecule has 0 radical (unpaired) electrons. The molecule has 0 amide bonds. The first-order valence-electron chi connectivity index (χ1n) is 5.62. The number of halogens is 1. The second-order valence-corrected chi connectivity index (χ2v) is 6.16. The van der Waals surface area contributed by atoms with Gasteiger partial charge >= 0.3 is 0 Å². The predicted octanol–water partition coefficient (Wildman–Crippen LogP) is 2.63. The van der Waals surface area contributed by atoms with E-state index in [9.17, 15) is 18.5 Å². The van der Waals surface area contributed by atoms with Crippen molar-refractivity contribution in [2.45, 2.75) is 4.90 Å². The van der Waals surface area contributed by atoms with Crippen LogP contribution in [0, 0.1) is 10.1 Å². The number of nitrogens with one attached hydrogen (secondary N) is 1. The third-order valence-corrected chi connectivity index (χ3v) is 4.42. The number of non-ortho nitro benzene ring substituents is 1. The SMILES string of the molecule is Nc1cccc(NS(=O)(=O)c2ccc([N+](=O)[O-])cc2Cl)c1. The minimum Gasteiger partial charge on any atom is -0.399 e. The number of nitrogen functional groups attached to an aromatic ring is 1. The van der Waals surface area contributed by atoms with Crippen molar-refractivity contribution < 1.29 is 13.3 Å². The fourth-order valence-electron chi connectivity index (χ4n) is 1.63. The minimum atomic E-state index is -3.96. The van der Waals surface area contributed by atoms with Crippen molar-refractivity contribution in [3.8, 4) is 0 Å². The summed E-state index contributed by atoms with van der Waals surface area (Å²) in [5, 5.41) is 10.4. The number of anilines is 2. The highest BCUT2D eigenvalue weighted by atomic mass is 35.5. The van der Waals surface area contributed by atoms with E-state index in [2.05, 4.69) is 4.72 Å². The summed E-state index contributed by atoms with van der Waals surface area (Å²) in [6, 6.07) is 9.29. The fraction of sp³-hybridized carbons (Fsp3) is 0. The third kappa shape index (κ3) is 3.41. The zero-order valence-corrected chi connectivity index (χ0v) is 12.1. The molecule has 110 valence electrons. The van der Waals surface area contributed by atoms with Crippen molar-refractivity contribution in [3.05, 3.63) is 57.6 Å². The van der Waals surface area contributed by atoms with Crippen LogP contribution in [0.15, 0.2) is 47.4 Å². The zero-order valence-electron chi connectivity index (χ0n) is 10.5. The summed E-state index contributed by atoms with van der Waals surface area (Å²) in [5.74, 6) is 0. The lowest BCUT2D eigenvalue weighted by Crippen LogP contribution is -2.13. The van der Waals surface area contributed by atoms with E-state index in [1.807, 2.05) is 0 Å². The first kappa shape index (κ1) is 15.1. The second-order valence-electron chi connectivity index (χ2n) is 4.10. The first-order valence-corrected chi connectivity index (χ1v) is 7.48. The molecule has 2 aromatic carbocycles. The number of hydrogen-bond acceptors (Lipinski definition) is 5. The maximum absolute atomic E-state index is 12.2. The zero-order chi connectivity index (χ0) is 15.6. The number of sulfonamides is 1. The van der Waals surface area contributed by atoms with Gasteiger partial charge in [-0.05, 0) is 24.3 Å². The lowest BCUT2D eigenvalue weighted by Gasteiger charge is -2.09. The Labute approximate surface area is 125 Å². The molecule has 0 bridgehead atoms. The number of benzene rings is 2. The molecule has 0 saturated carbocycles. The van der Waals surface area contributed by atoms with Crippen molar-refractivity contribution in [3.63, 3.8) is 0 Å². The Morgan fingerprint density at radius 3 is 2.48 bits per heavy atom. The molecule has 2 aromatic rings. The molecule has 2 rings (SSSR count). The van der Waals surface area contributed by atoms with Gasteiger partial charge in [-0.25, -0.2) is 8.42 Å². The highest BCUT2D eigenvalue weighted by Crippen LogP contribution is 2.28. The van der Waals surface area contributed by atoms with E-state index >= 15 is 0 Å². The van der Waals surface area contributed by atoms with Gasteiger partial charge in [0.2, 0.25) is 0 Å². The molecular formula is C12H10ClN3O4S. The van der Waals surface area contributed by atoms with E-state index in [0.29, 0.717) is 5.69 Å². The van der Waals surface area contributed by atoms with Crippen LogP contribution in [0.5, 0.6) is 0 Å². The summed E-state index contributed by atoms with van der Waals surface area (Å²) in [5.41, 5.74) is 5.94. The maximum Gasteiger partial charge on any atom is 0.271 e. The molecule has 0 aliphatic carbocycles. The minimum absolute atomic E-state index is 0.236. The molecule has 0 aliphatic heterocycles. The van der Waals surface area contributed by atoms with Gasteiger partial charge in [-0.15, -0.1) is 0 Å². The summed E-state index contributed by atoms with van der Waals surface area (Å²) in [7, 11) is -3.96. The van der Waals surface area contributed by atoms with Gasteiger partial charge in [0.05, 0.1) is 15.6 Å². The van der Waals surface area contributed by atoms with Crippen molar-refractivity contribution >= 4 is 38.7 Å². The van der Waals surface area contributed by atoms with Crippen molar-refractivity contribution in [1.29, 1.82) is 0 Å². The van der Waals surface area contributed by atoms with Gasteiger partial charge < -0.3 is 5.73 Å². The molecule has 7 nitrogen and oxygen atoms in total. The molecule has 9 heteroatoms. The molecule has 0 unspecified atom stereocenters. The van der Waals surface area contributed by atoms with Crippen LogP contribution < -0.4 is 10.5 Å². The topological polar surface area (TPSA) is 115 Å². The van der Waals surface area contributed by atoms with Crippen LogP contribution >= 0.6 is 11.6 Å². The van der Waals surface area contributed by atoms with Gasteiger partial charge in [0.15, 0.2) is 0 Å². The molecule has 0 aromatic heterocycles. The second kappa shape index (κ2) is 5.58. The number of rotatable bonds is 4. The molecule has 0 heterocycles. The van der Waals surface area contributed by atoms with Crippen molar-refractivity contribution in [1.82, 2.24) is 0 Å². The van der Waals surface area contributed by atoms with Crippen LogP contribution in [0.25, 0.3) is 0 Å². The van der Waals surface area contributed by atoms with Crippen molar-refractivity contribution in [2.24, 2.45) is 0 Å². The molecule has 0 fully saturated rings. The molecule has 0 saturated heterocycles. The van der Waals surface area contributed by atoms with Gasteiger partial charge in [0.1, 0.15) is 4.90 Å². The van der Waals surface area contributed by atoms with Crippen molar-refractivity contribution in [2.75, 3.05) is 10.5 Å². The summed E-state index contributed by atoms with van der Waals surface area (Å²) >= 11 is 5.81. The lowest BCUT2D eigenvalue weighted by atomic mass is 10.3. The van der Waals surface area contributed by atoms with Gasteiger partial charge in [-0.3, -0.25) is 14.8 Å². The maximum atomic E-state index is 12.2. The van der Waals surface area contributed by atoms with Crippen LogP contribution in [-0.2, 0) is 10.0 Å². The Morgan fingerprint density at radius 1 is 1.19 bits per heavy atom. The molecule has 3 N–H and O–H groups in total. The number of nitrogens with zero attached hydrogens (tertiary/aromatic N) is 1. The molecule has 21 heavy (non-hydrogen) atoms. The number of nitro groups is 1. The molecule has 0 atom stereocenters. The Bertz CT molecular complexity index is 808. The van der Waals surface area contributed by atoms with Gasteiger partial charge in [0, 0.05) is 17.8 Å². The molecular weight excluding hydrogens is 318 g/mol. The summed E-state index contributed by atoms with van der Waals surface area (Å²) in [6.07, 6.45) is 0. The van der Waals surface area contributed by atoms with E-state index < -0.39 is 14.9 Å². The summed E-state index contributed by atoms with van der Waals surface area (Å²) < 4.78 is 26.7. The van der Waals surface area contributed by atoms with Gasteiger partial charge in [-0.2, -0.15) is 0 Å². The lowest BCUT2D eigenvalue weighted by molar-refractivity contribution is -0.384. The van der Waals surface area contributed by atoms with Gasteiger partial charge in [-0.1, -0.05) is 17.7 Å². The smallest absolute Gasteiger partial charge is 0.271 e. The van der Waals surface area contributed by atoms with E-state index in [0.717, 1.165) is 18.2 Å². The Hall–Kier alpha value is -2.32. The Balaban J connectivity index is 2.38. The largest absolute Gasteiger partial charge is 0.399 e. The number of nitrogens with two attached hydrogens (primary N) is 1. The van der Waals surface area contributed by atoms with Crippen LogP contribution in [-0.4, -0.2) is 13.3 Å². The standard InChI is InChI=1S/C12H10ClN3O4S/c13-11-7-10(16(17)18)4-5-12(11)21(19,20)15-9-3-1-2-8(14)6-9/h1-7,15H,14H2. The van der Waals surface area contributed by atoms with Crippen LogP contribution in [0.2, 0.25) is 5.02 Å². The monoisotopic (exact) mass is 327 g/mol. The van der Waals surface area contributed by atoms with E-state index in [4.69, 9.17) is 17.3 Å². The van der Waals surface area contributed by atoms with Crippen LogP contribution in [0.1, 0.15) is 0 Å². The average Bonchev–Trinajstić information content (AvgIpc) is 2.37. The average molecular weight is 328 g/mol. The molecule has 0 spiro atoms. The Kier molecular flexibility index (Phi) is 4.01. The van der Waals surface area contributed by atoms with E-state index in [-0.39, 0.29) is 21.3 Å². The number of nitro benzene ring substituents is 1. The van der Waals surface area contributed by atoms with Crippen LogP contribution in [0.3, 0.4) is 0 Å². The third-order valence-electron chi connectivity index (χ3n) is 2.55. The first-order chi connectivity index (χ1) is 9.79. The summed E-state index contributed by atoms with van der Waals surface area (Å²) in [6.45, 7) is 0. The quantitative estimate of drug-likeness (QED) is 0.508. The highest BCUT2D eigenvalue weighted by Gasteiger charge is 2.20. The Morgan fingerprint density at radius 2 is 1.90 bits per heavy atom. The van der Waals surface area contributed by atoms with E-state index in [1.54, 1.807) is 12.1 Å². The number of hydrogen-bond donors (Lipinski definition) is 2.